The molecule has 1 aliphatic rings. The van der Waals surface area contributed by atoms with Gasteiger partial charge in [0.1, 0.15) is 0 Å². The summed E-state index contributed by atoms with van der Waals surface area (Å²) in [5.74, 6) is 2.53. The molecule has 1 amide bonds. The summed E-state index contributed by atoms with van der Waals surface area (Å²) in [7, 11) is 0. The third-order valence-electron chi connectivity index (χ3n) is 4.95. The van der Waals surface area contributed by atoms with Crippen LogP contribution in [0.1, 0.15) is 11.1 Å². The van der Waals surface area contributed by atoms with Gasteiger partial charge in [-0.15, -0.1) is 10.2 Å². The van der Waals surface area contributed by atoms with Gasteiger partial charge < -0.3 is 19.2 Å². The van der Waals surface area contributed by atoms with E-state index in [1.165, 1.54) is 11.8 Å². The van der Waals surface area contributed by atoms with Gasteiger partial charge in [-0.1, -0.05) is 23.9 Å². The normalized spacial score (nSPS) is 12.2. The van der Waals surface area contributed by atoms with Gasteiger partial charge in [0.05, 0.1) is 17.7 Å². The van der Waals surface area contributed by atoms with Gasteiger partial charge in [-0.3, -0.25) is 9.36 Å². The van der Waals surface area contributed by atoms with E-state index < -0.39 is 0 Å². The standard InChI is InChI=1S/C23H20N4O4S/c1-14-4-3-5-17(10-14)27-22(21-15(2)8-9-29-21)25-26-23(27)32-12-20(28)24-16-6-7-18-19(11-16)31-13-30-18/h3-11H,12-13H2,1-2H3,(H,24,28). The molecule has 32 heavy (non-hydrogen) atoms. The third-order valence-corrected chi connectivity index (χ3v) is 5.88. The molecular formula is C23H20N4O4S. The van der Waals surface area contributed by atoms with Crippen LogP contribution in [0.15, 0.2) is 64.4 Å². The van der Waals surface area contributed by atoms with E-state index in [4.69, 9.17) is 13.9 Å². The predicted molar refractivity (Wildman–Crippen MR) is 120 cm³/mol. The van der Waals surface area contributed by atoms with Crippen molar-refractivity contribution in [3.05, 3.63) is 65.9 Å². The van der Waals surface area contributed by atoms with Crippen molar-refractivity contribution in [2.45, 2.75) is 19.0 Å². The molecule has 2 aromatic carbocycles. The van der Waals surface area contributed by atoms with Crippen molar-refractivity contribution in [1.82, 2.24) is 14.8 Å². The van der Waals surface area contributed by atoms with E-state index in [0.717, 1.165) is 16.8 Å². The van der Waals surface area contributed by atoms with Gasteiger partial charge in [0, 0.05) is 11.8 Å². The number of rotatable bonds is 6. The number of ether oxygens (including phenoxy) is 2. The summed E-state index contributed by atoms with van der Waals surface area (Å²) in [6, 6.07) is 15.2. The molecule has 8 nitrogen and oxygen atoms in total. The number of fused-ring (bicyclic) bond motifs is 1. The Morgan fingerprint density at radius 3 is 2.78 bits per heavy atom. The van der Waals surface area contributed by atoms with Crippen LogP contribution in [0.25, 0.3) is 17.3 Å². The Bertz CT molecular complexity index is 1300. The fraction of sp³-hybridized carbons (Fsp3) is 0.174. The minimum absolute atomic E-state index is 0.162. The fourth-order valence-corrected chi connectivity index (χ4v) is 4.17. The van der Waals surface area contributed by atoms with Crippen molar-refractivity contribution in [1.29, 1.82) is 0 Å². The average Bonchev–Trinajstić information content (AvgIpc) is 3.51. The molecule has 0 unspecified atom stereocenters. The summed E-state index contributed by atoms with van der Waals surface area (Å²) in [5.41, 5.74) is 3.62. The lowest BCUT2D eigenvalue weighted by atomic mass is 10.2. The molecule has 1 N–H and O–H groups in total. The lowest BCUT2D eigenvalue weighted by molar-refractivity contribution is -0.113. The number of furan rings is 1. The highest BCUT2D eigenvalue weighted by molar-refractivity contribution is 7.99. The Morgan fingerprint density at radius 1 is 1.09 bits per heavy atom. The summed E-state index contributed by atoms with van der Waals surface area (Å²) < 4.78 is 18.2. The Balaban J connectivity index is 1.38. The summed E-state index contributed by atoms with van der Waals surface area (Å²) >= 11 is 1.30. The van der Waals surface area contributed by atoms with Gasteiger partial charge in [0.15, 0.2) is 22.4 Å². The van der Waals surface area contributed by atoms with E-state index in [9.17, 15) is 4.79 Å². The van der Waals surface area contributed by atoms with Gasteiger partial charge in [-0.05, 0) is 55.3 Å². The van der Waals surface area contributed by atoms with Gasteiger partial charge in [0.25, 0.3) is 0 Å². The Kier molecular flexibility index (Phi) is 5.32. The minimum atomic E-state index is -0.164. The largest absolute Gasteiger partial charge is 0.461 e. The summed E-state index contributed by atoms with van der Waals surface area (Å²) in [4.78, 5) is 12.6. The predicted octanol–water partition coefficient (Wildman–Crippen LogP) is 4.60. The molecule has 3 heterocycles. The average molecular weight is 449 g/mol. The Hall–Kier alpha value is -3.72. The molecule has 5 rings (SSSR count). The van der Waals surface area contributed by atoms with E-state index in [1.807, 2.05) is 48.7 Å². The van der Waals surface area contributed by atoms with Crippen LogP contribution in [0, 0.1) is 13.8 Å². The van der Waals surface area contributed by atoms with Gasteiger partial charge >= 0.3 is 0 Å². The Morgan fingerprint density at radius 2 is 1.97 bits per heavy atom. The Labute approximate surface area is 188 Å². The van der Waals surface area contributed by atoms with Crippen LogP contribution in [0.2, 0.25) is 0 Å². The summed E-state index contributed by atoms with van der Waals surface area (Å²) in [6.07, 6.45) is 1.63. The topological polar surface area (TPSA) is 91.4 Å². The first kappa shape index (κ1) is 20.2. The zero-order valence-corrected chi connectivity index (χ0v) is 18.3. The van der Waals surface area contributed by atoms with Crippen molar-refractivity contribution in [2.24, 2.45) is 0 Å². The number of amides is 1. The maximum Gasteiger partial charge on any atom is 0.234 e. The number of anilines is 1. The smallest absolute Gasteiger partial charge is 0.234 e. The molecule has 0 spiro atoms. The quantitative estimate of drug-likeness (QED) is 0.431. The van der Waals surface area contributed by atoms with Crippen LogP contribution in [0.3, 0.4) is 0 Å². The molecule has 0 radical (unpaired) electrons. The van der Waals surface area contributed by atoms with Gasteiger partial charge in [-0.25, -0.2) is 0 Å². The zero-order valence-electron chi connectivity index (χ0n) is 17.5. The van der Waals surface area contributed by atoms with E-state index in [0.29, 0.717) is 33.9 Å². The van der Waals surface area contributed by atoms with E-state index in [2.05, 4.69) is 15.5 Å². The second-order valence-electron chi connectivity index (χ2n) is 7.32. The number of nitrogens with one attached hydrogen (secondary N) is 1. The number of hydrogen-bond acceptors (Lipinski definition) is 7. The fourth-order valence-electron chi connectivity index (χ4n) is 3.41. The second-order valence-corrected chi connectivity index (χ2v) is 8.26. The highest BCUT2D eigenvalue weighted by Crippen LogP contribution is 2.34. The van der Waals surface area contributed by atoms with Crippen LogP contribution in [-0.4, -0.2) is 33.2 Å². The highest BCUT2D eigenvalue weighted by Gasteiger charge is 2.21. The molecule has 2 aromatic heterocycles. The van der Waals surface area contributed by atoms with E-state index in [-0.39, 0.29) is 18.5 Å². The number of benzene rings is 2. The first-order valence-corrected chi connectivity index (χ1v) is 11.0. The third kappa shape index (κ3) is 3.94. The number of hydrogen-bond donors (Lipinski definition) is 1. The molecule has 1 aliphatic heterocycles. The molecule has 0 aliphatic carbocycles. The first-order valence-electron chi connectivity index (χ1n) is 9.98. The number of aromatic nitrogens is 3. The maximum absolute atomic E-state index is 12.6. The van der Waals surface area contributed by atoms with Crippen molar-refractivity contribution < 1.29 is 18.7 Å². The second kappa shape index (κ2) is 8.43. The van der Waals surface area contributed by atoms with Crippen molar-refractivity contribution >= 4 is 23.4 Å². The van der Waals surface area contributed by atoms with Crippen LogP contribution in [-0.2, 0) is 4.79 Å². The molecule has 0 fully saturated rings. The maximum atomic E-state index is 12.6. The molecule has 4 aromatic rings. The van der Waals surface area contributed by atoms with Crippen LogP contribution < -0.4 is 14.8 Å². The number of nitrogens with zero attached hydrogens (tertiary/aromatic N) is 3. The highest BCUT2D eigenvalue weighted by atomic mass is 32.2. The molecule has 9 heteroatoms. The number of thioether (sulfide) groups is 1. The van der Waals surface area contributed by atoms with Crippen LogP contribution in [0.4, 0.5) is 5.69 Å². The molecule has 0 atom stereocenters. The minimum Gasteiger partial charge on any atom is -0.461 e. The van der Waals surface area contributed by atoms with Gasteiger partial charge in [-0.2, -0.15) is 0 Å². The molecule has 0 saturated heterocycles. The number of aryl methyl sites for hydroxylation is 2. The lowest BCUT2D eigenvalue weighted by Crippen LogP contribution is -2.14. The van der Waals surface area contributed by atoms with Crippen LogP contribution in [0.5, 0.6) is 11.5 Å². The van der Waals surface area contributed by atoms with Crippen LogP contribution >= 0.6 is 11.8 Å². The monoisotopic (exact) mass is 448 g/mol. The van der Waals surface area contributed by atoms with Crippen molar-refractivity contribution in [3.63, 3.8) is 0 Å². The summed E-state index contributed by atoms with van der Waals surface area (Å²) in [5, 5.41) is 12.2. The van der Waals surface area contributed by atoms with Crippen molar-refractivity contribution in [3.8, 4) is 28.8 Å². The van der Waals surface area contributed by atoms with E-state index >= 15 is 0 Å². The molecular weight excluding hydrogens is 428 g/mol. The SMILES string of the molecule is Cc1cccc(-n2c(SCC(=O)Nc3ccc4c(c3)OCO4)nnc2-c2occc2C)c1. The van der Waals surface area contributed by atoms with E-state index in [1.54, 1.807) is 24.5 Å². The van der Waals surface area contributed by atoms with Gasteiger partial charge in [0.2, 0.25) is 18.5 Å². The number of carbonyl (C=O) groups is 1. The molecule has 162 valence electrons. The number of carbonyl (C=O) groups excluding carboxylic acids is 1. The first-order chi connectivity index (χ1) is 15.6. The molecule has 0 saturated carbocycles. The lowest BCUT2D eigenvalue weighted by Gasteiger charge is -2.11. The molecule has 0 bridgehead atoms. The zero-order chi connectivity index (χ0) is 22.1. The summed E-state index contributed by atoms with van der Waals surface area (Å²) in [6.45, 7) is 4.17. The van der Waals surface area contributed by atoms with Crippen molar-refractivity contribution in [2.75, 3.05) is 17.9 Å².